The molecule has 0 amide bonds. The predicted octanol–water partition coefficient (Wildman–Crippen LogP) is 2.05. The summed E-state index contributed by atoms with van der Waals surface area (Å²) < 4.78 is 2.24. The van der Waals surface area contributed by atoms with Crippen LogP contribution >= 0.6 is 11.3 Å². The summed E-state index contributed by atoms with van der Waals surface area (Å²) in [5, 5.41) is 12.2. The van der Waals surface area contributed by atoms with Crippen molar-refractivity contribution in [3.63, 3.8) is 0 Å². The summed E-state index contributed by atoms with van der Waals surface area (Å²) in [5.74, 6) is 2.09. The van der Waals surface area contributed by atoms with Crippen molar-refractivity contribution in [1.82, 2.24) is 24.6 Å². The van der Waals surface area contributed by atoms with Crippen molar-refractivity contribution in [3.05, 3.63) is 28.7 Å². The minimum atomic E-state index is 0.664. The quantitative estimate of drug-likeness (QED) is 0.808. The van der Waals surface area contributed by atoms with E-state index in [2.05, 4.69) is 43.1 Å². The molecule has 0 N–H and O–H groups in total. The summed E-state index contributed by atoms with van der Waals surface area (Å²) >= 11 is 1.80. The topological polar surface area (TPSA) is 37.2 Å². The van der Waals surface area contributed by atoms with Crippen molar-refractivity contribution in [2.24, 2.45) is 0 Å². The highest BCUT2D eigenvalue weighted by molar-refractivity contribution is 7.12. The zero-order valence-corrected chi connectivity index (χ0v) is 13.4. The predicted molar refractivity (Wildman–Crippen MR) is 83.7 cm³/mol. The molecule has 112 valence electrons. The largest absolute Gasteiger partial charge is 0.306 e. The Morgan fingerprint density at radius 1 is 1.19 bits per heavy atom. The zero-order chi connectivity index (χ0) is 14.4. The highest BCUT2D eigenvalue weighted by atomic mass is 32.1. The summed E-state index contributed by atoms with van der Waals surface area (Å²) in [6.07, 6.45) is 2.51. The molecule has 1 saturated heterocycles. The molecule has 1 fully saturated rings. The molecular weight excluding hydrogens is 282 g/mol. The Labute approximate surface area is 129 Å². The van der Waals surface area contributed by atoms with Gasteiger partial charge in [0.25, 0.3) is 0 Å². The van der Waals surface area contributed by atoms with Gasteiger partial charge in [0, 0.05) is 18.2 Å². The van der Waals surface area contributed by atoms with Crippen LogP contribution in [-0.4, -0.2) is 50.7 Å². The Bertz CT molecular complexity index is 638. The van der Waals surface area contributed by atoms with Gasteiger partial charge in [-0.1, -0.05) is 0 Å². The van der Waals surface area contributed by atoms with E-state index in [1.54, 1.807) is 11.3 Å². The molecule has 2 aliphatic heterocycles. The Morgan fingerprint density at radius 2 is 2.00 bits per heavy atom. The fourth-order valence-corrected chi connectivity index (χ4v) is 4.48. The van der Waals surface area contributed by atoms with Gasteiger partial charge in [-0.25, -0.2) is 0 Å². The van der Waals surface area contributed by atoms with Crippen LogP contribution in [0.25, 0.3) is 5.00 Å². The van der Waals surface area contributed by atoms with Gasteiger partial charge >= 0.3 is 0 Å². The summed E-state index contributed by atoms with van der Waals surface area (Å²) in [7, 11) is 2.22. The van der Waals surface area contributed by atoms with E-state index in [9.17, 15) is 0 Å². The Balaban J connectivity index is 1.68. The smallest absolute Gasteiger partial charge is 0.152 e. The van der Waals surface area contributed by atoms with E-state index >= 15 is 0 Å². The maximum Gasteiger partial charge on any atom is 0.152 e. The van der Waals surface area contributed by atoms with Crippen LogP contribution in [0, 0.1) is 6.92 Å². The van der Waals surface area contributed by atoms with Crippen LogP contribution < -0.4 is 0 Å². The molecule has 5 nitrogen and oxygen atoms in total. The number of piperidine rings is 1. The number of hydrogen-bond donors (Lipinski definition) is 0. The number of hydrogen-bond acceptors (Lipinski definition) is 5. The van der Waals surface area contributed by atoms with Crippen molar-refractivity contribution in [1.29, 1.82) is 0 Å². The Kier molecular flexibility index (Phi) is 3.32. The van der Waals surface area contributed by atoms with Gasteiger partial charge in [-0.15, -0.1) is 21.5 Å². The molecule has 0 aliphatic carbocycles. The van der Waals surface area contributed by atoms with Gasteiger partial charge < -0.3 is 4.90 Å². The molecule has 4 rings (SSSR count). The second-order valence-corrected chi connectivity index (χ2v) is 7.08. The fraction of sp³-hybridized carbons (Fsp3) is 0.600. The van der Waals surface area contributed by atoms with Gasteiger partial charge in [-0.05, 0) is 51.3 Å². The second-order valence-electron chi connectivity index (χ2n) is 6.19. The lowest BCUT2D eigenvalue weighted by molar-refractivity contribution is 0.107. The lowest BCUT2D eigenvalue weighted by atomic mass is 10.0. The van der Waals surface area contributed by atoms with Crippen LogP contribution in [0.1, 0.15) is 30.1 Å². The van der Waals surface area contributed by atoms with E-state index in [-0.39, 0.29) is 0 Å². The number of rotatable bonds is 1. The lowest BCUT2D eigenvalue weighted by Gasteiger charge is -2.36. The summed E-state index contributed by atoms with van der Waals surface area (Å²) in [6, 6.07) is 2.92. The third kappa shape index (κ3) is 2.31. The highest BCUT2D eigenvalue weighted by Gasteiger charge is 2.29. The molecule has 2 aliphatic rings. The number of likely N-dealkylation sites (tertiary alicyclic amines) is 1. The Morgan fingerprint density at radius 3 is 2.81 bits per heavy atom. The minimum absolute atomic E-state index is 0.664. The monoisotopic (exact) mass is 303 g/mol. The summed E-state index contributed by atoms with van der Waals surface area (Å²) in [4.78, 5) is 5.03. The second kappa shape index (κ2) is 5.19. The van der Waals surface area contributed by atoms with Gasteiger partial charge in [-0.2, -0.15) is 0 Å². The van der Waals surface area contributed by atoms with Crippen molar-refractivity contribution < 1.29 is 0 Å². The number of aromatic nitrogens is 3. The van der Waals surface area contributed by atoms with Crippen LogP contribution in [0.4, 0.5) is 0 Å². The maximum atomic E-state index is 4.42. The van der Waals surface area contributed by atoms with Crippen LogP contribution in [0.3, 0.4) is 0 Å². The normalized spacial score (nSPS) is 21.0. The average Bonchev–Trinajstić information content (AvgIpc) is 3.03. The van der Waals surface area contributed by atoms with E-state index in [0.717, 1.165) is 24.7 Å². The molecule has 21 heavy (non-hydrogen) atoms. The number of thiophene rings is 1. The first-order valence-electron chi connectivity index (χ1n) is 7.62. The first kappa shape index (κ1) is 13.4. The molecule has 0 radical (unpaired) electrons. The van der Waals surface area contributed by atoms with Crippen molar-refractivity contribution in [2.45, 2.75) is 38.9 Å². The van der Waals surface area contributed by atoms with Gasteiger partial charge in [0.1, 0.15) is 10.8 Å². The van der Waals surface area contributed by atoms with Crippen LogP contribution in [0.5, 0.6) is 0 Å². The highest BCUT2D eigenvalue weighted by Crippen LogP contribution is 2.31. The zero-order valence-electron chi connectivity index (χ0n) is 12.6. The molecule has 6 heteroatoms. The van der Waals surface area contributed by atoms with Crippen molar-refractivity contribution >= 4 is 11.3 Å². The molecule has 0 unspecified atom stereocenters. The van der Waals surface area contributed by atoms with Crippen LogP contribution in [-0.2, 0) is 13.1 Å². The lowest BCUT2D eigenvalue weighted by Crippen LogP contribution is -2.42. The standard InChI is InChI=1S/C15H21N5S/c1-11-16-17-14-10-19(13-3-6-18(2)7-4-13)9-12-5-8-21-15(12)20(11)14/h5,8,13H,3-4,6-7,9-10H2,1-2H3. The van der Waals surface area contributed by atoms with Gasteiger partial charge in [0.05, 0.1) is 6.54 Å². The van der Waals surface area contributed by atoms with Crippen LogP contribution in [0.2, 0.25) is 0 Å². The molecule has 0 spiro atoms. The molecule has 2 aromatic rings. The Hall–Kier alpha value is -1.24. The van der Waals surface area contributed by atoms with Crippen molar-refractivity contribution in [2.75, 3.05) is 20.1 Å². The average molecular weight is 303 g/mol. The van der Waals surface area contributed by atoms with E-state index < -0.39 is 0 Å². The molecule has 0 bridgehead atoms. The fourth-order valence-electron chi connectivity index (χ4n) is 3.49. The van der Waals surface area contributed by atoms with E-state index in [0.29, 0.717) is 6.04 Å². The van der Waals surface area contributed by atoms with Crippen molar-refractivity contribution in [3.8, 4) is 5.00 Å². The van der Waals surface area contributed by atoms with E-state index in [1.807, 2.05) is 6.92 Å². The number of aryl methyl sites for hydroxylation is 1. The van der Waals surface area contributed by atoms with E-state index in [1.165, 1.54) is 36.5 Å². The van der Waals surface area contributed by atoms with Gasteiger partial charge in [0.2, 0.25) is 0 Å². The van der Waals surface area contributed by atoms with Gasteiger partial charge in [-0.3, -0.25) is 9.47 Å². The molecule has 0 aromatic carbocycles. The molecule has 0 saturated carbocycles. The summed E-state index contributed by atoms with van der Waals surface area (Å²) in [5.41, 5.74) is 1.42. The first-order valence-corrected chi connectivity index (χ1v) is 8.50. The molecular formula is C15H21N5S. The SMILES string of the molecule is Cc1nnc2n1-c1sccc1CN(C1CCN(C)CC1)C2. The maximum absolute atomic E-state index is 4.42. The third-order valence-electron chi connectivity index (χ3n) is 4.74. The molecule has 2 aromatic heterocycles. The summed E-state index contributed by atoms with van der Waals surface area (Å²) in [6.45, 7) is 6.39. The minimum Gasteiger partial charge on any atom is -0.306 e. The first-order chi connectivity index (χ1) is 10.2. The third-order valence-corrected chi connectivity index (χ3v) is 5.68. The molecule has 4 heterocycles. The van der Waals surface area contributed by atoms with Gasteiger partial charge in [0.15, 0.2) is 5.82 Å². The van der Waals surface area contributed by atoms with E-state index in [4.69, 9.17) is 0 Å². The molecule has 0 atom stereocenters. The number of fused-ring (bicyclic) bond motifs is 3. The number of nitrogens with zero attached hydrogens (tertiary/aromatic N) is 5. The van der Waals surface area contributed by atoms with Crippen LogP contribution in [0.15, 0.2) is 11.4 Å².